The number of para-hydroxylation sites is 1. The molecule has 4 aromatic rings. The van der Waals surface area contributed by atoms with Crippen molar-refractivity contribution in [1.82, 2.24) is 19.1 Å². The summed E-state index contributed by atoms with van der Waals surface area (Å²) < 4.78 is 36.1. The van der Waals surface area contributed by atoms with Gasteiger partial charge in [-0.3, -0.25) is 4.79 Å². The second kappa shape index (κ2) is 10.2. The zero-order chi connectivity index (χ0) is 26.2. The summed E-state index contributed by atoms with van der Waals surface area (Å²) in [6.07, 6.45) is 1.22. The molecule has 1 aliphatic heterocycles. The zero-order valence-electron chi connectivity index (χ0n) is 21.0. The lowest BCUT2D eigenvalue weighted by molar-refractivity contribution is -0.120. The van der Waals surface area contributed by atoms with E-state index in [1.54, 1.807) is 35.0 Å². The second-order valence-electron chi connectivity index (χ2n) is 9.12. The fourth-order valence-electron chi connectivity index (χ4n) is 4.47. The molecule has 0 saturated carbocycles. The lowest BCUT2D eigenvalue weighted by Gasteiger charge is -2.31. The molecule has 5 rings (SSSR count). The van der Waals surface area contributed by atoms with Crippen molar-refractivity contribution in [2.75, 3.05) is 25.0 Å². The number of aryl methyl sites for hydroxylation is 2. The fraction of sp³-hybridized carbons (Fsp3) is 0.346. The normalized spacial score (nSPS) is 16.7. The number of benzene rings is 2. The van der Waals surface area contributed by atoms with E-state index >= 15 is 0 Å². The van der Waals surface area contributed by atoms with Crippen LogP contribution in [0.4, 0.5) is 5.82 Å². The molecule has 194 valence electrons. The molecular formula is C26H29N5O4S2. The molecule has 2 aromatic heterocycles. The largest absolute Gasteiger partial charge is 0.492 e. The van der Waals surface area contributed by atoms with E-state index in [-0.39, 0.29) is 17.3 Å². The number of piperidine rings is 1. The quantitative estimate of drug-likeness (QED) is 0.370. The number of hydrogen-bond donors (Lipinski definition) is 1. The zero-order valence-corrected chi connectivity index (χ0v) is 22.6. The number of fused-ring (bicyclic) bond motifs is 1. The Bertz CT molecular complexity index is 1540. The highest BCUT2D eigenvalue weighted by Gasteiger charge is 2.33. The molecule has 9 nitrogen and oxygen atoms in total. The maximum absolute atomic E-state index is 13.3. The summed E-state index contributed by atoms with van der Waals surface area (Å²) in [6, 6.07) is 14.4. The Hall–Kier alpha value is -3.28. The molecule has 1 N–H and O–H groups in total. The molecule has 1 saturated heterocycles. The number of nitrogens with zero attached hydrogens (tertiary/aromatic N) is 4. The Balaban J connectivity index is 1.36. The first kappa shape index (κ1) is 25.4. The number of nitrogens with one attached hydrogen (secondary N) is 1. The monoisotopic (exact) mass is 539 g/mol. The number of carbonyl (C=O) groups excluding carboxylic acids is 1. The van der Waals surface area contributed by atoms with Crippen LogP contribution in [-0.2, 0) is 14.8 Å². The summed E-state index contributed by atoms with van der Waals surface area (Å²) in [7, 11) is -3.67. The van der Waals surface area contributed by atoms with E-state index in [9.17, 15) is 13.2 Å². The van der Waals surface area contributed by atoms with Gasteiger partial charge in [-0.25, -0.2) is 13.4 Å². The fourth-order valence-corrected chi connectivity index (χ4v) is 6.94. The van der Waals surface area contributed by atoms with Crippen LogP contribution in [0.25, 0.3) is 15.3 Å². The third kappa shape index (κ3) is 5.11. The van der Waals surface area contributed by atoms with Gasteiger partial charge in [-0.1, -0.05) is 35.1 Å². The van der Waals surface area contributed by atoms with Gasteiger partial charge in [0.1, 0.15) is 17.1 Å². The van der Waals surface area contributed by atoms with Gasteiger partial charge >= 0.3 is 0 Å². The first-order chi connectivity index (χ1) is 17.8. The maximum Gasteiger partial charge on any atom is 0.243 e. The van der Waals surface area contributed by atoms with Crippen LogP contribution in [0, 0.1) is 19.8 Å². The summed E-state index contributed by atoms with van der Waals surface area (Å²) in [6.45, 7) is 6.75. The number of carbonyl (C=O) groups is 1. The molecule has 1 amide bonds. The van der Waals surface area contributed by atoms with Crippen molar-refractivity contribution < 1.29 is 17.9 Å². The van der Waals surface area contributed by atoms with Crippen LogP contribution in [0.15, 0.2) is 53.4 Å². The molecule has 0 bridgehead atoms. The molecule has 37 heavy (non-hydrogen) atoms. The summed E-state index contributed by atoms with van der Waals surface area (Å²) >= 11 is 1.45. The van der Waals surface area contributed by atoms with Gasteiger partial charge in [0.2, 0.25) is 21.1 Å². The summed E-state index contributed by atoms with van der Waals surface area (Å²) in [5.74, 6) is 0.491. The lowest BCUT2D eigenvalue weighted by atomic mass is 9.99. The smallest absolute Gasteiger partial charge is 0.243 e. The number of ether oxygens (including phenoxy) is 1. The minimum Gasteiger partial charge on any atom is -0.492 e. The average Bonchev–Trinajstić information content (AvgIpc) is 3.48. The van der Waals surface area contributed by atoms with Crippen LogP contribution in [0.3, 0.4) is 0 Å². The lowest BCUT2D eigenvalue weighted by Crippen LogP contribution is -2.43. The van der Waals surface area contributed by atoms with E-state index in [0.717, 1.165) is 21.5 Å². The van der Waals surface area contributed by atoms with E-state index in [1.165, 1.54) is 15.6 Å². The van der Waals surface area contributed by atoms with E-state index in [2.05, 4.69) is 10.4 Å². The predicted molar refractivity (Wildman–Crippen MR) is 144 cm³/mol. The highest BCUT2D eigenvalue weighted by molar-refractivity contribution is 7.89. The Labute approximate surface area is 220 Å². The highest BCUT2D eigenvalue weighted by atomic mass is 32.2. The topological polar surface area (TPSA) is 106 Å². The van der Waals surface area contributed by atoms with Crippen molar-refractivity contribution in [2.45, 2.75) is 38.5 Å². The van der Waals surface area contributed by atoms with Crippen LogP contribution >= 0.6 is 11.3 Å². The Morgan fingerprint density at radius 3 is 2.73 bits per heavy atom. The molecule has 0 aliphatic carbocycles. The van der Waals surface area contributed by atoms with Gasteiger partial charge in [-0.2, -0.15) is 14.1 Å². The summed E-state index contributed by atoms with van der Waals surface area (Å²) in [5.41, 5.74) is 2.47. The highest BCUT2D eigenvalue weighted by Crippen LogP contribution is 2.33. The van der Waals surface area contributed by atoms with Crippen molar-refractivity contribution in [3.63, 3.8) is 0 Å². The number of anilines is 1. The molecule has 1 aliphatic rings. The maximum atomic E-state index is 13.3. The summed E-state index contributed by atoms with van der Waals surface area (Å²) in [5, 5.41) is 8.14. The molecule has 1 fully saturated rings. The number of hydrogen-bond acceptors (Lipinski definition) is 7. The van der Waals surface area contributed by atoms with Gasteiger partial charge in [0, 0.05) is 19.2 Å². The molecular weight excluding hydrogens is 510 g/mol. The number of thiazole rings is 1. The molecule has 0 spiro atoms. The standard InChI is InChI=1S/C26H29N5O4S2/c1-4-35-21-8-5-9-22-24(21)28-26(36-22)31-23(15-18(3)29-31)27-25(32)19-7-6-14-30(16-19)37(33,34)20-12-10-17(2)11-13-20/h5,8-13,15,19H,4,6-7,14,16H2,1-3H3,(H,27,32). The molecule has 1 atom stereocenters. The van der Waals surface area contributed by atoms with Crippen molar-refractivity contribution in [3.05, 3.63) is 59.8 Å². The van der Waals surface area contributed by atoms with Crippen LogP contribution in [0.1, 0.15) is 31.0 Å². The molecule has 0 radical (unpaired) electrons. The van der Waals surface area contributed by atoms with Crippen molar-refractivity contribution in [3.8, 4) is 10.9 Å². The van der Waals surface area contributed by atoms with Crippen LogP contribution in [0.2, 0.25) is 0 Å². The Morgan fingerprint density at radius 2 is 1.97 bits per heavy atom. The van der Waals surface area contributed by atoms with Gasteiger partial charge in [-0.15, -0.1) is 0 Å². The number of amides is 1. The average molecular weight is 540 g/mol. The first-order valence-electron chi connectivity index (χ1n) is 12.2. The summed E-state index contributed by atoms with van der Waals surface area (Å²) in [4.78, 5) is 18.3. The van der Waals surface area contributed by atoms with Crippen LogP contribution < -0.4 is 10.1 Å². The predicted octanol–water partition coefficient (Wildman–Crippen LogP) is 4.54. The van der Waals surface area contributed by atoms with Crippen LogP contribution in [-0.4, -0.2) is 53.1 Å². The number of rotatable bonds is 7. The van der Waals surface area contributed by atoms with Crippen LogP contribution in [0.5, 0.6) is 5.75 Å². The number of sulfonamides is 1. The Kier molecular flexibility index (Phi) is 7.02. The minimum atomic E-state index is -3.67. The van der Waals surface area contributed by atoms with Gasteiger partial charge in [0.25, 0.3) is 0 Å². The van der Waals surface area contributed by atoms with Gasteiger partial charge < -0.3 is 10.1 Å². The van der Waals surface area contributed by atoms with Gasteiger partial charge in [0.05, 0.1) is 27.8 Å². The molecule has 2 aromatic carbocycles. The SMILES string of the molecule is CCOc1cccc2sc(-n3nc(C)cc3NC(=O)C3CCCN(S(=O)(=O)c4ccc(C)cc4)C3)nc12. The third-order valence-electron chi connectivity index (χ3n) is 6.35. The van der Waals surface area contributed by atoms with E-state index in [4.69, 9.17) is 9.72 Å². The second-order valence-corrected chi connectivity index (χ2v) is 12.1. The van der Waals surface area contributed by atoms with E-state index in [0.29, 0.717) is 42.7 Å². The van der Waals surface area contributed by atoms with Gasteiger partial charge in [-0.05, 0) is 57.9 Å². The van der Waals surface area contributed by atoms with Crippen molar-refractivity contribution in [2.24, 2.45) is 5.92 Å². The number of aromatic nitrogens is 3. The minimum absolute atomic E-state index is 0.133. The first-order valence-corrected chi connectivity index (χ1v) is 14.5. The van der Waals surface area contributed by atoms with E-state index < -0.39 is 15.9 Å². The molecule has 11 heteroatoms. The molecule has 3 heterocycles. The van der Waals surface area contributed by atoms with Crippen molar-refractivity contribution in [1.29, 1.82) is 0 Å². The van der Waals surface area contributed by atoms with Gasteiger partial charge in [0.15, 0.2) is 0 Å². The van der Waals surface area contributed by atoms with Crippen molar-refractivity contribution >= 4 is 43.3 Å². The van der Waals surface area contributed by atoms with E-state index in [1.807, 2.05) is 39.0 Å². The third-order valence-corrected chi connectivity index (χ3v) is 9.22. The molecule has 1 unspecified atom stereocenters. The Morgan fingerprint density at radius 1 is 1.19 bits per heavy atom.